The lowest BCUT2D eigenvalue weighted by atomic mass is 9.99. The van der Waals surface area contributed by atoms with Crippen molar-refractivity contribution < 1.29 is 14.3 Å². The Bertz CT molecular complexity index is 801. The summed E-state index contributed by atoms with van der Waals surface area (Å²) in [6, 6.07) is 12.2. The van der Waals surface area contributed by atoms with Gasteiger partial charge in [-0.1, -0.05) is 23.8 Å². The van der Waals surface area contributed by atoms with E-state index in [0.717, 1.165) is 5.56 Å². The lowest BCUT2D eigenvalue weighted by molar-refractivity contribution is 0.0894. The number of thiocarbonyl (C=S) groups is 1. The first-order valence-corrected chi connectivity index (χ1v) is 9.24. The normalized spacial score (nSPS) is 10.2. The molecule has 0 amide bonds. The van der Waals surface area contributed by atoms with Crippen LogP contribution in [0.5, 0.6) is 5.75 Å². The number of benzene rings is 2. The zero-order valence-corrected chi connectivity index (χ0v) is 15.9. The number of rotatable bonds is 6. The Morgan fingerprint density at radius 1 is 1.12 bits per heavy atom. The fourth-order valence-corrected chi connectivity index (χ4v) is 2.60. The third-order valence-electron chi connectivity index (χ3n) is 3.63. The molecule has 0 heterocycles. The van der Waals surface area contributed by atoms with Gasteiger partial charge in [0.25, 0.3) is 0 Å². The van der Waals surface area contributed by atoms with Crippen molar-refractivity contribution in [3.05, 3.63) is 59.2 Å². The van der Waals surface area contributed by atoms with Gasteiger partial charge in [0.2, 0.25) is 0 Å². The number of carbonyl (C=O) groups excluding carboxylic acids is 2. The number of anilines is 1. The number of ketones is 2. The molecule has 0 fully saturated rings. The standard InChI is InChI=1S/C19H19NO3S2/c1-12-4-9-16(20-19(24)25-3)15(10-12)18(22)11-17(21)13-5-7-14(23-2)8-6-13/h4-10H,11H2,1-3H3,(H,20,24). The summed E-state index contributed by atoms with van der Waals surface area (Å²) in [6.45, 7) is 1.90. The van der Waals surface area contributed by atoms with E-state index in [0.29, 0.717) is 26.9 Å². The highest BCUT2D eigenvalue weighted by molar-refractivity contribution is 8.22. The highest BCUT2D eigenvalue weighted by Crippen LogP contribution is 2.22. The number of hydrogen-bond donors (Lipinski definition) is 1. The van der Waals surface area contributed by atoms with Crippen molar-refractivity contribution in [2.75, 3.05) is 18.7 Å². The highest BCUT2D eigenvalue weighted by atomic mass is 32.2. The summed E-state index contributed by atoms with van der Waals surface area (Å²) >= 11 is 6.55. The summed E-state index contributed by atoms with van der Waals surface area (Å²) in [4.78, 5) is 25.0. The van der Waals surface area contributed by atoms with Gasteiger partial charge in [0, 0.05) is 11.1 Å². The van der Waals surface area contributed by atoms with E-state index in [9.17, 15) is 9.59 Å². The van der Waals surface area contributed by atoms with Crippen molar-refractivity contribution in [3.63, 3.8) is 0 Å². The predicted octanol–water partition coefficient (Wildman–Crippen LogP) is 4.52. The van der Waals surface area contributed by atoms with Gasteiger partial charge in [0.05, 0.1) is 19.2 Å². The molecule has 0 saturated heterocycles. The number of aryl methyl sites for hydroxylation is 1. The summed E-state index contributed by atoms with van der Waals surface area (Å²) in [6.07, 6.45) is 1.66. The van der Waals surface area contributed by atoms with Crippen LogP contribution in [-0.4, -0.2) is 29.3 Å². The number of thioether (sulfide) groups is 1. The maximum atomic E-state index is 12.7. The van der Waals surface area contributed by atoms with Crippen molar-refractivity contribution >= 4 is 45.6 Å². The van der Waals surface area contributed by atoms with Gasteiger partial charge in [-0.3, -0.25) is 9.59 Å². The van der Waals surface area contributed by atoms with Crippen LogP contribution in [-0.2, 0) is 0 Å². The minimum absolute atomic E-state index is 0.198. The second-order valence-corrected chi connectivity index (χ2v) is 6.90. The molecule has 4 nitrogen and oxygen atoms in total. The molecule has 1 N–H and O–H groups in total. The lowest BCUT2D eigenvalue weighted by Gasteiger charge is -2.12. The molecule has 0 bridgehead atoms. The third kappa shape index (κ3) is 5.14. The topological polar surface area (TPSA) is 55.4 Å². The lowest BCUT2D eigenvalue weighted by Crippen LogP contribution is -2.13. The van der Waals surface area contributed by atoms with Crippen LogP contribution >= 0.6 is 24.0 Å². The van der Waals surface area contributed by atoms with Gasteiger partial charge in [-0.2, -0.15) is 0 Å². The number of Topliss-reactive ketones (excluding diaryl/α,β-unsaturated/α-hetero) is 2. The number of nitrogens with one attached hydrogen (secondary N) is 1. The van der Waals surface area contributed by atoms with E-state index in [4.69, 9.17) is 17.0 Å². The van der Waals surface area contributed by atoms with E-state index in [2.05, 4.69) is 5.32 Å². The summed E-state index contributed by atoms with van der Waals surface area (Å²) in [7, 11) is 1.56. The van der Waals surface area contributed by atoms with Crippen LogP contribution in [0, 0.1) is 6.92 Å². The zero-order chi connectivity index (χ0) is 18.4. The van der Waals surface area contributed by atoms with Gasteiger partial charge in [-0.25, -0.2) is 0 Å². The molecule has 2 rings (SSSR count). The Hall–Kier alpha value is -2.18. The second kappa shape index (κ2) is 8.78. The molecule has 0 aliphatic rings. The molecule has 130 valence electrons. The maximum absolute atomic E-state index is 12.7. The minimum atomic E-state index is -0.240. The average molecular weight is 373 g/mol. The molecule has 0 spiro atoms. The number of methoxy groups -OCH3 is 1. The van der Waals surface area contributed by atoms with Gasteiger partial charge in [0.15, 0.2) is 11.6 Å². The first-order valence-electron chi connectivity index (χ1n) is 7.60. The van der Waals surface area contributed by atoms with Crippen LogP contribution in [0.1, 0.15) is 32.7 Å². The fourth-order valence-electron chi connectivity index (χ4n) is 2.28. The van der Waals surface area contributed by atoms with Crippen molar-refractivity contribution in [1.82, 2.24) is 0 Å². The van der Waals surface area contributed by atoms with Crippen molar-refractivity contribution in [1.29, 1.82) is 0 Å². The van der Waals surface area contributed by atoms with Crippen LogP contribution < -0.4 is 10.1 Å². The van der Waals surface area contributed by atoms with E-state index in [1.54, 1.807) is 37.4 Å². The molecule has 25 heavy (non-hydrogen) atoms. The second-order valence-electron chi connectivity index (χ2n) is 5.42. The first kappa shape index (κ1) is 19.1. The van der Waals surface area contributed by atoms with E-state index < -0.39 is 0 Å². The van der Waals surface area contributed by atoms with Crippen LogP contribution in [0.4, 0.5) is 5.69 Å². The first-order chi connectivity index (χ1) is 11.9. The predicted molar refractivity (Wildman–Crippen MR) is 107 cm³/mol. The average Bonchev–Trinajstić information content (AvgIpc) is 2.62. The quantitative estimate of drug-likeness (QED) is 0.456. The van der Waals surface area contributed by atoms with E-state index >= 15 is 0 Å². The summed E-state index contributed by atoms with van der Waals surface area (Å²) in [5, 5.41) is 3.04. The molecule has 0 saturated carbocycles. The Labute approximate surface area is 157 Å². The van der Waals surface area contributed by atoms with Crippen LogP contribution in [0.25, 0.3) is 0 Å². The van der Waals surface area contributed by atoms with E-state index in [-0.39, 0.29) is 18.0 Å². The Morgan fingerprint density at radius 2 is 1.80 bits per heavy atom. The van der Waals surface area contributed by atoms with E-state index in [1.165, 1.54) is 11.8 Å². The summed E-state index contributed by atoms with van der Waals surface area (Å²) in [5.74, 6) is 0.196. The van der Waals surface area contributed by atoms with Gasteiger partial charge in [0.1, 0.15) is 10.1 Å². The number of carbonyl (C=O) groups is 2. The van der Waals surface area contributed by atoms with Gasteiger partial charge < -0.3 is 10.1 Å². The Kier molecular flexibility index (Phi) is 6.73. The monoisotopic (exact) mass is 373 g/mol. The number of ether oxygens (including phenoxy) is 1. The molecule has 2 aromatic carbocycles. The Balaban J connectivity index is 2.20. The minimum Gasteiger partial charge on any atom is -0.497 e. The van der Waals surface area contributed by atoms with Crippen molar-refractivity contribution in [3.8, 4) is 5.75 Å². The molecule has 0 aliphatic carbocycles. The molecule has 0 atom stereocenters. The third-order valence-corrected chi connectivity index (χ3v) is 4.71. The smallest absolute Gasteiger partial charge is 0.172 e. The molecule has 0 aromatic heterocycles. The SMILES string of the molecule is COc1ccc(C(=O)CC(=O)c2cc(C)ccc2NC(=S)SC)cc1. The van der Waals surface area contributed by atoms with Crippen molar-refractivity contribution in [2.45, 2.75) is 13.3 Å². The molecular weight excluding hydrogens is 354 g/mol. The summed E-state index contributed by atoms with van der Waals surface area (Å²) < 4.78 is 5.64. The summed E-state index contributed by atoms with van der Waals surface area (Å²) in [5.41, 5.74) is 2.52. The molecule has 6 heteroatoms. The molecule has 0 aliphatic heterocycles. The molecule has 0 radical (unpaired) electrons. The van der Waals surface area contributed by atoms with Crippen molar-refractivity contribution in [2.24, 2.45) is 0 Å². The van der Waals surface area contributed by atoms with Crippen LogP contribution in [0.15, 0.2) is 42.5 Å². The molecule has 0 unspecified atom stereocenters. The van der Waals surface area contributed by atoms with E-state index in [1.807, 2.05) is 25.3 Å². The van der Waals surface area contributed by atoms with Gasteiger partial charge in [-0.15, -0.1) is 11.8 Å². The van der Waals surface area contributed by atoms with Crippen LogP contribution in [0.3, 0.4) is 0 Å². The number of hydrogen-bond acceptors (Lipinski definition) is 5. The zero-order valence-electron chi connectivity index (χ0n) is 14.3. The fraction of sp³-hybridized carbons (Fsp3) is 0.211. The van der Waals surface area contributed by atoms with Gasteiger partial charge in [-0.05, 0) is 49.6 Å². The largest absolute Gasteiger partial charge is 0.497 e. The maximum Gasteiger partial charge on any atom is 0.172 e. The molecule has 2 aromatic rings. The van der Waals surface area contributed by atoms with Crippen LogP contribution in [0.2, 0.25) is 0 Å². The van der Waals surface area contributed by atoms with Gasteiger partial charge >= 0.3 is 0 Å². The Morgan fingerprint density at radius 3 is 2.40 bits per heavy atom. The molecular formula is C19H19NO3S2. The highest BCUT2D eigenvalue weighted by Gasteiger charge is 2.17.